The quantitative estimate of drug-likeness (QED) is 0.396. The van der Waals surface area contributed by atoms with E-state index < -0.39 is 0 Å². The molecule has 1 aromatic carbocycles. The molecule has 4 heterocycles. The Bertz CT molecular complexity index is 1410. The van der Waals surface area contributed by atoms with E-state index in [2.05, 4.69) is 25.4 Å². The Morgan fingerprint density at radius 3 is 2.68 bits per heavy atom. The number of rotatable bonds is 4. The number of halogens is 2. The van der Waals surface area contributed by atoms with Crippen LogP contribution in [0.2, 0.25) is 5.15 Å². The summed E-state index contributed by atoms with van der Waals surface area (Å²) in [5.41, 5.74) is 5.55. The molecule has 0 spiro atoms. The third-order valence-electron chi connectivity index (χ3n) is 4.90. The van der Waals surface area contributed by atoms with Crippen LogP contribution in [0.15, 0.2) is 59.6 Å². The molecule has 5 rings (SSSR count). The number of imidazole rings is 1. The number of anilines is 2. The van der Waals surface area contributed by atoms with E-state index in [0.717, 1.165) is 11.3 Å². The maximum absolute atomic E-state index is 13.8. The highest BCUT2D eigenvalue weighted by molar-refractivity contribution is 6.29. The van der Waals surface area contributed by atoms with Crippen LogP contribution >= 0.6 is 11.6 Å². The van der Waals surface area contributed by atoms with Crippen molar-refractivity contribution in [2.24, 2.45) is 0 Å². The highest BCUT2D eigenvalue weighted by Gasteiger charge is 2.14. The molecule has 0 atom stereocenters. The maximum Gasteiger partial charge on any atom is 0.181 e. The number of hydrogen-bond donors (Lipinski definition) is 1. The summed E-state index contributed by atoms with van der Waals surface area (Å²) in [5.74, 6) is 0.379. The van der Waals surface area contributed by atoms with Gasteiger partial charge in [0.1, 0.15) is 17.3 Å². The molecule has 4 aromatic heterocycles. The summed E-state index contributed by atoms with van der Waals surface area (Å²) in [6, 6.07) is 10.0. The number of aryl methyl sites for hydroxylation is 2. The van der Waals surface area contributed by atoms with Crippen LogP contribution in [-0.2, 0) is 0 Å². The average molecular weight is 435 g/mol. The molecule has 9 heteroatoms. The van der Waals surface area contributed by atoms with Gasteiger partial charge in [0.25, 0.3) is 0 Å². The van der Waals surface area contributed by atoms with Gasteiger partial charge in [0.05, 0.1) is 35.2 Å². The van der Waals surface area contributed by atoms with Crippen LogP contribution in [0.5, 0.6) is 0 Å². The van der Waals surface area contributed by atoms with Crippen molar-refractivity contribution in [1.82, 2.24) is 24.6 Å². The van der Waals surface area contributed by atoms with Gasteiger partial charge in [-0.05, 0) is 43.7 Å². The lowest BCUT2D eigenvalue weighted by Crippen LogP contribution is -1.98. The third-order valence-corrected chi connectivity index (χ3v) is 5.09. The van der Waals surface area contributed by atoms with Gasteiger partial charge in [0.2, 0.25) is 0 Å². The van der Waals surface area contributed by atoms with E-state index in [1.54, 1.807) is 29.0 Å². The summed E-state index contributed by atoms with van der Waals surface area (Å²) in [4.78, 5) is 13.3. The van der Waals surface area contributed by atoms with Crippen LogP contribution in [-0.4, -0.2) is 24.6 Å². The predicted octanol–water partition coefficient (Wildman–Crippen LogP) is 5.60. The van der Waals surface area contributed by atoms with Gasteiger partial charge in [-0.1, -0.05) is 17.7 Å². The van der Waals surface area contributed by atoms with Crippen molar-refractivity contribution >= 4 is 28.6 Å². The molecule has 1 N–H and O–H groups in total. The molecule has 31 heavy (non-hydrogen) atoms. The summed E-state index contributed by atoms with van der Waals surface area (Å²) in [6.45, 7) is 3.74. The highest BCUT2D eigenvalue weighted by atomic mass is 35.5. The zero-order valence-electron chi connectivity index (χ0n) is 16.6. The molecule has 0 amide bonds. The van der Waals surface area contributed by atoms with E-state index in [0.29, 0.717) is 39.7 Å². The van der Waals surface area contributed by atoms with Crippen LogP contribution < -0.4 is 5.32 Å². The first kappa shape index (κ1) is 19.2. The minimum atomic E-state index is -0.324. The molecule has 0 saturated carbocycles. The Labute approximate surface area is 181 Å². The van der Waals surface area contributed by atoms with E-state index >= 15 is 0 Å². The van der Waals surface area contributed by atoms with Crippen molar-refractivity contribution < 1.29 is 8.81 Å². The number of nitrogens with one attached hydrogen (secondary N) is 1. The SMILES string of the molecule is Cc1ccc(F)cc1-c1cn2nc(Cl)cc(Nc3ccc(-c4ncoc4C)nc3)c2n1. The van der Waals surface area contributed by atoms with Gasteiger partial charge in [0.15, 0.2) is 17.2 Å². The molecule has 0 fully saturated rings. The molecular formula is C22H16ClFN6O. The van der Waals surface area contributed by atoms with Crippen LogP contribution in [0.4, 0.5) is 15.8 Å². The van der Waals surface area contributed by atoms with Gasteiger partial charge >= 0.3 is 0 Å². The lowest BCUT2D eigenvalue weighted by atomic mass is 10.1. The molecule has 0 bridgehead atoms. The van der Waals surface area contributed by atoms with Gasteiger partial charge in [0, 0.05) is 11.6 Å². The van der Waals surface area contributed by atoms with Crippen LogP contribution in [0, 0.1) is 19.7 Å². The number of pyridine rings is 1. The lowest BCUT2D eigenvalue weighted by Gasteiger charge is -2.08. The standard InChI is InChI=1S/C22H16ClFN6O/c1-12-3-4-14(24)7-16(12)19-10-30-22(28-19)18(8-20(23)29-30)27-15-5-6-17(25-9-15)21-13(2)31-11-26-21/h3-11,27H,1-2H3. The normalized spacial score (nSPS) is 11.2. The van der Waals surface area contributed by atoms with Crippen molar-refractivity contribution in [1.29, 1.82) is 0 Å². The molecule has 0 unspecified atom stereocenters. The smallest absolute Gasteiger partial charge is 0.181 e. The number of hydrogen-bond acceptors (Lipinski definition) is 6. The zero-order chi connectivity index (χ0) is 21.5. The molecule has 0 saturated heterocycles. The van der Waals surface area contributed by atoms with E-state index in [9.17, 15) is 4.39 Å². The minimum Gasteiger partial charge on any atom is -0.448 e. The van der Waals surface area contributed by atoms with Crippen molar-refractivity contribution in [3.05, 3.63) is 77.5 Å². The van der Waals surface area contributed by atoms with Gasteiger partial charge in [-0.2, -0.15) is 5.10 Å². The number of fused-ring (bicyclic) bond motifs is 1. The highest BCUT2D eigenvalue weighted by Crippen LogP contribution is 2.29. The molecule has 0 aliphatic rings. The zero-order valence-corrected chi connectivity index (χ0v) is 17.4. The summed E-state index contributed by atoms with van der Waals surface area (Å²) in [7, 11) is 0. The van der Waals surface area contributed by atoms with E-state index in [1.807, 2.05) is 26.0 Å². The average Bonchev–Trinajstić information content (AvgIpc) is 3.36. The molecule has 7 nitrogen and oxygen atoms in total. The minimum absolute atomic E-state index is 0.290. The number of nitrogens with zero attached hydrogens (tertiary/aromatic N) is 5. The second-order valence-corrected chi connectivity index (χ2v) is 7.44. The summed E-state index contributed by atoms with van der Waals surface area (Å²) >= 11 is 6.22. The molecular weight excluding hydrogens is 419 g/mol. The van der Waals surface area contributed by atoms with Crippen molar-refractivity contribution in [3.8, 4) is 22.6 Å². The van der Waals surface area contributed by atoms with Crippen LogP contribution in [0.1, 0.15) is 11.3 Å². The van der Waals surface area contributed by atoms with Crippen molar-refractivity contribution in [3.63, 3.8) is 0 Å². The molecule has 0 aliphatic heterocycles. The van der Waals surface area contributed by atoms with Gasteiger partial charge in [-0.3, -0.25) is 4.98 Å². The first-order valence-corrected chi connectivity index (χ1v) is 9.82. The largest absolute Gasteiger partial charge is 0.448 e. The fourth-order valence-corrected chi connectivity index (χ4v) is 3.54. The van der Waals surface area contributed by atoms with Crippen LogP contribution in [0.25, 0.3) is 28.3 Å². The first-order valence-electron chi connectivity index (χ1n) is 9.44. The summed E-state index contributed by atoms with van der Waals surface area (Å²) in [5, 5.41) is 7.85. The molecule has 154 valence electrons. The van der Waals surface area contributed by atoms with Gasteiger partial charge in [-0.25, -0.2) is 18.9 Å². The summed E-state index contributed by atoms with van der Waals surface area (Å²) in [6.07, 6.45) is 4.81. The van der Waals surface area contributed by atoms with E-state index in [4.69, 9.17) is 16.0 Å². The van der Waals surface area contributed by atoms with Gasteiger partial charge < -0.3 is 9.73 Å². The molecule has 0 radical (unpaired) electrons. The predicted molar refractivity (Wildman–Crippen MR) is 116 cm³/mol. The third kappa shape index (κ3) is 3.62. The monoisotopic (exact) mass is 434 g/mol. The number of benzene rings is 1. The van der Waals surface area contributed by atoms with E-state index in [-0.39, 0.29) is 11.0 Å². The topological polar surface area (TPSA) is 81.1 Å². The number of oxazole rings is 1. The summed E-state index contributed by atoms with van der Waals surface area (Å²) < 4.78 is 20.6. The Morgan fingerprint density at radius 1 is 1.06 bits per heavy atom. The Balaban J connectivity index is 1.52. The Kier molecular flexibility index (Phi) is 4.63. The first-order chi connectivity index (χ1) is 15.0. The van der Waals surface area contributed by atoms with Crippen LogP contribution in [0.3, 0.4) is 0 Å². The lowest BCUT2D eigenvalue weighted by molar-refractivity contribution is 0.527. The van der Waals surface area contributed by atoms with Gasteiger partial charge in [-0.15, -0.1) is 0 Å². The maximum atomic E-state index is 13.8. The Hall–Kier alpha value is -3.78. The number of aromatic nitrogens is 5. The fourth-order valence-electron chi connectivity index (χ4n) is 3.35. The van der Waals surface area contributed by atoms with Crippen molar-refractivity contribution in [2.45, 2.75) is 13.8 Å². The fraction of sp³-hybridized carbons (Fsp3) is 0.0909. The second kappa shape index (κ2) is 7.48. The van der Waals surface area contributed by atoms with Crippen molar-refractivity contribution in [2.75, 3.05) is 5.32 Å². The molecule has 5 aromatic rings. The Morgan fingerprint density at radius 2 is 1.94 bits per heavy atom. The second-order valence-electron chi connectivity index (χ2n) is 7.05. The molecule has 0 aliphatic carbocycles. The van der Waals surface area contributed by atoms with E-state index in [1.165, 1.54) is 18.5 Å².